The first-order valence-corrected chi connectivity index (χ1v) is 20.4. The van der Waals surface area contributed by atoms with Crippen molar-refractivity contribution in [3.05, 3.63) is 76.4 Å². The van der Waals surface area contributed by atoms with E-state index in [1.165, 1.54) is 31.4 Å². The SMILES string of the molecule is CC.CC(C)C(C)c1cc(N2CCC(CCN3CCC(c4cnc(N5CCc6[nH]c(N)c(/C=C(\N)c7ccccc7O)c6C5C)nc4)CC3)CC2)no1.O=CO. The van der Waals surface area contributed by atoms with Crippen molar-refractivity contribution in [3.8, 4) is 5.75 Å². The Kier molecular flexibility index (Phi) is 14.8. The van der Waals surface area contributed by atoms with Gasteiger partial charge < -0.3 is 45.9 Å². The van der Waals surface area contributed by atoms with E-state index in [9.17, 15) is 5.11 Å². The third-order valence-corrected chi connectivity index (χ3v) is 11.9. The molecule has 1 aromatic carbocycles. The van der Waals surface area contributed by atoms with Gasteiger partial charge >= 0.3 is 0 Å². The van der Waals surface area contributed by atoms with Crippen molar-refractivity contribution in [3.63, 3.8) is 0 Å². The molecule has 56 heavy (non-hydrogen) atoms. The van der Waals surface area contributed by atoms with Crippen LogP contribution in [0.2, 0.25) is 0 Å². The number of nitrogen functional groups attached to an aromatic ring is 1. The number of phenolic OH excluding ortho intramolecular Hbond substituents is 1. The molecule has 13 nitrogen and oxygen atoms in total. The van der Waals surface area contributed by atoms with Crippen LogP contribution in [0.5, 0.6) is 5.75 Å². The van der Waals surface area contributed by atoms with E-state index in [0.29, 0.717) is 34.8 Å². The van der Waals surface area contributed by atoms with Gasteiger partial charge in [-0.2, -0.15) is 0 Å². The van der Waals surface area contributed by atoms with E-state index in [1.807, 2.05) is 38.4 Å². The van der Waals surface area contributed by atoms with Gasteiger partial charge in [-0.3, -0.25) is 4.79 Å². The van der Waals surface area contributed by atoms with Gasteiger partial charge in [-0.1, -0.05) is 51.9 Å². The first-order chi connectivity index (χ1) is 27.1. The number of fused-ring (bicyclic) bond motifs is 1. The highest BCUT2D eigenvalue weighted by Gasteiger charge is 2.31. The zero-order chi connectivity index (χ0) is 40.4. The van der Waals surface area contributed by atoms with Gasteiger partial charge in [0.25, 0.3) is 6.47 Å². The van der Waals surface area contributed by atoms with Crippen molar-refractivity contribution in [1.29, 1.82) is 0 Å². The van der Waals surface area contributed by atoms with Crippen LogP contribution >= 0.6 is 0 Å². The summed E-state index contributed by atoms with van der Waals surface area (Å²) in [5, 5.41) is 21.6. The average Bonchev–Trinajstić information content (AvgIpc) is 3.83. The molecule has 4 aromatic rings. The van der Waals surface area contributed by atoms with Crippen LogP contribution in [0, 0.1) is 11.8 Å². The topological polar surface area (TPSA) is 187 Å². The molecule has 7 rings (SSSR count). The molecule has 304 valence electrons. The number of anilines is 3. The molecule has 0 spiro atoms. The highest BCUT2D eigenvalue weighted by molar-refractivity contribution is 5.86. The number of nitrogens with zero attached hydrogens (tertiary/aromatic N) is 6. The second kappa shape index (κ2) is 19.7. The number of rotatable bonds is 10. The van der Waals surface area contributed by atoms with E-state index in [1.54, 1.807) is 18.2 Å². The molecule has 3 aliphatic heterocycles. The number of para-hydroxylation sites is 1. The Morgan fingerprint density at radius 3 is 2.34 bits per heavy atom. The number of benzene rings is 1. The van der Waals surface area contributed by atoms with Crippen LogP contribution in [-0.2, 0) is 11.2 Å². The van der Waals surface area contributed by atoms with E-state index in [4.69, 9.17) is 35.9 Å². The standard InChI is InChI=1S/C40H55N9O2.C2H6.CH2O2/c1-25(2)26(3)36-22-37(46-51-36)48-18-10-28(11-19-48)9-15-47-16-12-29(13-17-47)30-23-43-40(44-24-30)49-20-14-34-38(27(49)4)32(39(42)45-34)21-33(41)31-7-5-6-8-35(31)50;1-2;2-1-3/h5-8,21-29,45,50H,9-20,41-42H2,1-4H3;1-2H3;1H,(H,2,3)/b33-21-;;. The van der Waals surface area contributed by atoms with E-state index in [0.717, 1.165) is 92.3 Å². The molecule has 6 heterocycles. The third kappa shape index (κ3) is 9.84. The van der Waals surface area contributed by atoms with Gasteiger partial charge in [0.15, 0.2) is 5.82 Å². The quantitative estimate of drug-likeness (QED) is 0.0995. The second-order valence-electron chi connectivity index (χ2n) is 15.5. The Morgan fingerprint density at radius 1 is 1.04 bits per heavy atom. The number of hydrogen-bond donors (Lipinski definition) is 5. The summed E-state index contributed by atoms with van der Waals surface area (Å²) in [6, 6.07) is 9.24. The van der Waals surface area contributed by atoms with E-state index in [2.05, 4.69) is 58.6 Å². The summed E-state index contributed by atoms with van der Waals surface area (Å²) in [5.41, 5.74) is 18.3. The van der Waals surface area contributed by atoms with Crippen molar-refractivity contribution in [2.75, 3.05) is 54.8 Å². The summed E-state index contributed by atoms with van der Waals surface area (Å²) in [4.78, 5) is 28.8. The molecule has 2 fully saturated rings. The Morgan fingerprint density at radius 2 is 1.70 bits per heavy atom. The predicted octanol–water partition coefficient (Wildman–Crippen LogP) is 7.63. The van der Waals surface area contributed by atoms with Gasteiger partial charge in [-0.15, -0.1) is 0 Å². The van der Waals surface area contributed by atoms with Crippen molar-refractivity contribution < 1.29 is 19.5 Å². The van der Waals surface area contributed by atoms with Crippen LogP contribution in [0.3, 0.4) is 0 Å². The molecule has 2 unspecified atom stereocenters. The molecule has 7 N–H and O–H groups in total. The summed E-state index contributed by atoms with van der Waals surface area (Å²) in [6.07, 6.45) is 12.8. The molecule has 0 saturated carbocycles. The number of phenols is 1. The van der Waals surface area contributed by atoms with E-state index >= 15 is 0 Å². The number of hydrogen-bond acceptors (Lipinski definition) is 11. The molecule has 13 heteroatoms. The van der Waals surface area contributed by atoms with Crippen LogP contribution in [0.15, 0.2) is 47.2 Å². The summed E-state index contributed by atoms with van der Waals surface area (Å²) >= 11 is 0. The number of piperidine rings is 2. The number of nitrogens with two attached hydrogens (primary N) is 2. The van der Waals surface area contributed by atoms with Crippen LogP contribution < -0.4 is 21.3 Å². The summed E-state index contributed by atoms with van der Waals surface area (Å²) < 4.78 is 5.69. The number of likely N-dealkylation sites (tertiary alicyclic amines) is 1. The Balaban J connectivity index is 0.00000115. The van der Waals surface area contributed by atoms with Gasteiger partial charge in [0.05, 0.1) is 6.04 Å². The maximum Gasteiger partial charge on any atom is 0.290 e. The fraction of sp³-hybridized carbons (Fsp3) is 0.535. The Hall–Kier alpha value is -5.04. The number of nitrogens with one attached hydrogen (secondary N) is 1. The first-order valence-electron chi connectivity index (χ1n) is 20.4. The van der Waals surface area contributed by atoms with Gasteiger partial charge in [0, 0.05) is 78.5 Å². The third-order valence-electron chi connectivity index (χ3n) is 11.9. The van der Waals surface area contributed by atoms with Gasteiger partial charge in [-0.25, -0.2) is 9.97 Å². The molecule has 3 aliphatic rings. The van der Waals surface area contributed by atoms with Crippen molar-refractivity contribution in [2.24, 2.45) is 17.6 Å². The summed E-state index contributed by atoms with van der Waals surface area (Å²) in [6.45, 7) is 18.9. The largest absolute Gasteiger partial charge is 0.507 e. The maximum absolute atomic E-state index is 10.3. The fourth-order valence-electron chi connectivity index (χ4n) is 8.21. The molecule has 3 aromatic heterocycles. The van der Waals surface area contributed by atoms with Crippen LogP contribution in [0.4, 0.5) is 17.6 Å². The number of carboxylic acid groups (broad SMARTS) is 1. The number of aromatic nitrogens is 4. The van der Waals surface area contributed by atoms with Crippen LogP contribution in [0.1, 0.15) is 125 Å². The molecule has 0 amide bonds. The Labute approximate surface area is 332 Å². The summed E-state index contributed by atoms with van der Waals surface area (Å²) in [7, 11) is 0. The lowest BCUT2D eigenvalue weighted by Gasteiger charge is -2.36. The normalized spacial score (nSPS) is 18.8. The van der Waals surface area contributed by atoms with Crippen molar-refractivity contribution in [2.45, 2.75) is 97.9 Å². The van der Waals surface area contributed by atoms with Gasteiger partial charge in [0.1, 0.15) is 17.3 Å². The van der Waals surface area contributed by atoms with E-state index < -0.39 is 0 Å². The highest BCUT2D eigenvalue weighted by Crippen LogP contribution is 2.39. The lowest BCUT2D eigenvalue weighted by atomic mass is 9.90. The van der Waals surface area contributed by atoms with Crippen LogP contribution in [0.25, 0.3) is 11.8 Å². The molecule has 0 aliphatic carbocycles. The average molecular weight is 770 g/mol. The molecular weight excluding hydrogens is 707 g/mol. The van der Waals surface area contributed by atoms with Crippen molar-refractivity contribution >= 4 is 35.8 Å². The van der Waals surface area contributed by atoms with E-state index in [-0.39, 0.29) is 18.3 Å². The minimum absolute atomic E-state index is 0.000698. The molecule has 0 bridgehead atoms. The lowest BCUT2D eigenvalue weighted by Crippen LogP contribution is -2.37. The Bertz CT molecular complexity index is 1850. The number of aromatic amines is 1. The van der Waals surface area contributed by atoms with Crippen molar-refractivity contribution in [1.82, 2.24) is 25.0 Å². The second-order valence-corrected chi connectivity index (χ2v) is 15.5. The molecule has 2 saturated heterocycles. The lowest BCUT2D eigenvalue weighted by molar-refractivity contribution is -0.122. The fourth-order valence-corrected chi connectivity index (χ4v) is 8.21. The molecule has 2 atom stereocenters. The number of carbonyl (C=O) groups is 1. The zero-order valence-electron chi connectivity index (χ0n) is 34.1. The first kappa shape index (κ1) is 42.1. The van der Waals surface area contributed by atoms with Gasteiger partial charge in [-0.05, 0) is 100 Å². The van der Waals surface area contributed by atoms with Gasteiger partial charge in [0.2, 0.25) is 5.95 Å². The summed E-state index contributed by atoms with van der Waals surface area (Å²) in [5.74, 6) is 5.67. The minimum atomic E-state index is -0.250. The minimum Gasteiger partial charge on any atom is -0.507 e. The maximum atomic E-state index is 10.3. The monoisotopic (exact) mass is 770 g/mol. The molecule has 0 radical (unpaired) electrons. The predicted molar refractivity (Wildman–Crippen MR) is 225 cm³/mol. The number of H-pyrrole nitrogens is 1. The number of aromatic hydroxyl groups is 1. The highest BCUT2D eigenvalue weighted by atomic mass is 16.5. The smallest absolute Gasteiger partial charge is 0.290 e. The zero-order valence-corrected chi connectivity index (χ0v) is 34.1. The van der Waals surface area contributed by atoms with Crippen LogP contribution in [-0.4, -0.2) is 81.0 Å². The molecular formula is C43H63N9O4.